The highest BCUT2D eigenvalue weighted by Crippen LogP contribution is 2.48. The van der Waals surface area contributed by atoms with Crippen LogP contribution in [-0.4, -0.2) is 45.1 Å². The zero-order valence-electron chi connectivity index (χ0n) is 25.0. The molecule has 0 saturated heterocycles. The van der Waals surface area contributed by atoms with E-state index >= 15 is 0 Å². The number of ether oxygens (including phenoxy) is 4. The van der Waals surface area contributed by atoms with E-state index in [4.69, 9.17) is 18.9 Å². The Labute approximate surface area is 256 Å². The molecule has 0 bridgehead atoms. The molecule has 0 radical (unpaired) electrons. The van der Waals surface area contributed by atoms with Gasteiger partial charge in [-0.25, -0.2) is 0 Å². The minimum Gasteiger partial charge on any atom is -0.497 e. The topological polar surface area (TPSA) is 99.2 Å². The zero-order chi connectivity index (χ0) is 30.8. The summed E-state index contributed by atoms with van der Waals surface area (Å²) < 4.78 is 22.0. The average Bonchev–Trinajstić information content (AvgIpc) is 3.22. The lowest BCUT2D eigenvalue weighted by Crippen LogP contribution is -2.38. The largest absolute Gasteiger partial charge is 0.497 e. The summed E-state index contributed by atoms with van der Waals surface area (Å²) in [6.45, 7) is 0. The van der Waals surface area contributed by atoms with Crippen molar-refractivity contribution in [3.8, 4) is 23.0 Å². The van der Waals surface area contributed by atoms with E-state index in [1.54, 1.807) is 36.5 Å². The maximum atomic E-state index is 14.7. The van der Waals surface area contributed by atoms with Gasteiger partial charge >= 0.3 is 0 Å². The van der Waals surface area contributed by atoms with Gasteiger partial charge in [-0.3, -0.25) is 19.5 Å². The Morgan fingerprint density at radius 1 is 0.841 bits per heavy atom. The molecule has 1 N–H and O–H groups in total. The second kappa shape index (κ2) is 12.1. The van der Waals surface area contributed by atoms with Crippen LogP contribution in [-0.2, 0) is 4.79 Å². The van der Waals surface area contributed by atoms with Crippen LogP contribution in [0.3, 0.4) is 0 Å². The number of anilines is 2. The molecule has 1 amide bonds. The van der Waals surface area contributed by atoms with Gasteiger partial charge in [0.25, 0.3) is 5.91 Å². The molecule has 1 aliphatic carbocycles. The summed E-state index contributed by atoms with van der Waals surface area (Å²) in [5, 5.41) is 3.56. The highest BCUT2D eigenvalue weighted by molar-refractivity contribution is 6.12. The minimum atomic E-state index is -0.745. The first-order valence-corrected chi connectivity index (χ1v) is 14.3. The van der Waals surface area contributed by atoms with Crippen molar-refractivity contribution in [1.82, 2.24) is 4.98 Å². The third kappa shape index (κ3) is 5.10. The number of hydrogen-bond donors (Lipinski definition) is 1. The summed E-state index contributed by atoms with van der Waals surface area (Å²) in [6, 6.07) is 21.6. The summed E-state index contributed by atoms with van der Waals surface area (Å²) in [7, 11) is 6.16. The number of allylic oxidation sites excluding steroid dienone is 1. The van der Waals surface area contributed by atoms with E-state index in [1.165, 1.54) is 21.3 Å². The Morgan fingerprint density at radius 2 is 1.57 bits per heavy atom. The third-order valence-electron chi connectivity index (χ3n) is 8.21. The smallest absolute Gasteiger partial charge is 0.259 e. The number of methoxy groups -OCH3 is 4. The van der Waals surface area contributed by atoms with Gasteiger partial charge < -0.3 is 24.3 Å². The Bertz CT molecular complexity index is 1710. The molecule has 0 fully saturated rings. The summed E-state index contributed by atoms with van der Waals surface area (Å²) >= 11 is 0. The van der Waals surface area contributed by atoms with Crippen molar-refractivity contribution in [3.63, 3.8) is 0 Å². The first-order valence-electron chi connectivity index (χ1n) is 14.3. The lowest BCUT2D eigenvalue weighted by atomic mass is 9.78. The predicted octanol–water partition coefficient (Wildman–Crippen LogP) is 6.33. The molecule has 224 valence electrons. The lowest BCUT2D eigenvalue weighted by Gasteiger charge is -2.35. The molecule has 9 heteroatoms. The first-order chi connectivity index (χ1) is 21.5. The fourth-order valence-corrected chi connectivity index (χ4v) is 6.12. The molecule has 2 atom stereocenters. The van der Waals surface area contributed by atoms with Crippen LogP contribution in [0.15, 0.2) is 96.5 Å². The number of pyridine rings is 1. The van der Waals surface area contributed by atoms with Gasteiger partial charge in [-0.15, -0.1) is 0 Å². The van der Waals surface area contributed by atoms with Gasteiger partial charge in [-0.05, 0) is 65.9 Å². The zero-order valence-corrected chi connectivity index (χ0v) is 25.0. The molecule has 0 saturated carbocycles. The molecule has 2 aliphatic rings. The van der Waals surface area contributed by atoms with Crippen LogP contribution in [0.2, 0.25) is 0 Å². The van der Waals surface area contributed by atoms with Crippen LogP contribution in [0.25, 0.3) is 0 Å². The normalized spacial score (nSPS) is 17.5. The second-order valence-corrected chi connectivity index (χ2v) is 10.6. The molecular formula is C35H33N3O6. The van der Waals surface area contributed by atoms with Crippen molar-refractivity contribution >= 4 is 23.1 Å². The SMILES string of the molecule is COc1ccc([C@H]2CC(=O)C3=C(C2)Nc2ccccc2N(C(=O)c2cc(OC)c(OC)c(OC)c2)[C@H]3c2cccnc2)cc1. The van der Waals surface area contributed by atoms with E-state index in [0.717, 1.165) is 28.3 Å². The van der Waals surface area contributed by atoms with Crippen molar-refractivity contribution in [2.24, 2.45) is 0 Å². The number of carbonyl (C=O) groups is 2. The van der Waals surface area contributed by atoms with Crippen molar-refractivity contribution in [1.29, 1.82) is 0 Å². The number of carbonyl (C=O) groups excluding carboxylic acids is 2. The summed E-state index contributed by atoms with van der Waals surface area (Å²) in [6.07, 6.45) is 4.27. The molecule has 44 heavy (non-hydrogen) atoms. The first kappa shape index (κ1) is 28.8. The number of fused-ring (bicyclic) bond motifs is 1. The van der Waals surface area contributed by atoms with Gasteiger partial charge in [0.2, 0.25) is 5.75 Å². The molecule has 4 aromatic rings. The van der Waals surface area contributed by atoms with Crippen LogP contribution in [0.1, 0.15) is 46.3 Å². The van der Waals surface area contributed by atoms with Gasteiger partial charge in [-0.2, -0.15) is 0 Å². The van der Waals surface area contributed by atoms with Crippen molar-refractivity contribution < 1.29 is 28.5 Å². The Kier molecular flexibility index (Phi) is 7.93. The molecule has 6 rings (SSSR count). The second-order valence-electron chi connectivity index (χ2n) is 10.6. The van der Waals surface area contributed by atoms with Crippen LogP contribution < -0.4 is 29.2 Å². The minimum absolute atomic E-state index is 0.0380. The number of nitrogens with one attached hydrogen (secondary N) is 1. The van der Waals surface area contributed by atoms with Gasteiger partial charge in [0.15, 0.2) is 17.3 Å². The standard InChI is InChI=1S/C35H33N3O6/c1-41-25-13-11-21(12-14-25)23-16-27-32(29(39)17-23)33(22-8-7-15-36-20-22)38(28-10-6-5-9-26(28)37-27)35(40)24-18-30(42-2)34(44-4)31(19-24)43-3/h5-15,18-20,23,33,37H,16-17H2,1-4H3/t23-,33+/m1/s1. The number of hydrogen-bond acceptors (Lipinski definition) is 8. The Balaban J connectivity index is 1.53. The van der Waals surface area contributed by atoms with Crippen molar-refractivity contribution in [2.75, 3.05) is 38.7 Å². The van der Waals surface area contributed by atoms with Crippen LogP contribution in [0.5, 0.6) is 23.0 Å². The van der Waals surface area contributed by atoms with Crippen molar-refractivity contribution in [2.45, 2.75) is 24.8 Å². The van der Waals surface area contributed by atoms with Gasteiger partial charge in [-0.1, -0.05) is 30.3 Å². The highest BCUT2D eigenvalue weighted by Gasteiger charge is 2.42. The number of nitrogens with zero attached hydrogens (tertiary/aromatic N) is 2. The Morgan fingerprint density at radius 3 is 2.20 bits per heavy atom. The number of para-hydroxylation sites is 2. The van der Waals surface area contributed by atoms with Crippen molar-refractivity contribution in [3.05, 3.63) is 113 Å². The summed E-state index contributed by atoms with van der Waals surface area (Å²) in [4.78, 5) is 35.1. The fourth-order valence-electron chi connectivity index (χ4n) is 6.12. The molecule has 0 spiro atoms. The van der Waals surface area contributed by atoms with E-state index < -0.39 is 6.04 Å². The van der Waals surface area contributed by atoms with E-state index in [-0.39, 0.29) is 17.6 Å². The van der Waals surface area contributed by atoms with E-state index in [9.17, 15) is 9.59 Å². The van der Waals surface area contributed by atoms with Gasteiger partial charge in [0, 0.05) is 35.6 Å². The Hall–Kier alpha value is -5.31. The van der Waals surface area contributed by atoms with E-state index in [1.807, 2.05) is 60.7 Å². The number of ketones is 1. The third-order valence-corrected chi connectivity index (χ3v) is 8.21. The number of aromatic nitrogens is 1. The molecular weight excluding hydrogens is 558 g/mol. The van der Waals surface area contributed by atoms with Crippen LogP contribution in [0, 0.1) is 0 Å². The van der Waals surface area contributed by atoms with E-state index in [0.29, 0.717) is 46.9 Å². The maximum absolute atomic E-state index is 14.7. The summed E-state index contributed by atoms with van der Waals surface area (Å²) in [5.41, 5.74) is 4.75. The van der Waals surface area contributed by atoms with Crippen LogP contribution >= 0.6 is 0 Å². The highest BCUT2D eigenvalue weighted by atomic mass is 16.5. The number of Topliss-reactive ketones (excluding diaryl/α,β-unsaturated/α-hetero) is 1. The maximum Gasteiger partial charge on any atom is 0.259 e. The van der Waals surface area contributed by atoms with Gasteiger partial charge in [0.05, 0.1) is 45.9 Å². The molecule has 0 unspecified atom stereocenters. The fraction of sp³-hybridized carbons (Fsp3) is 0.229. The average molecular weight is 592 g/mol. The monoisotopic (exact) mass is 591 g/mol. The lowest BCUT2D eigenvalue weighted by molar-refractivity contribution is -0.116. The number of rotatable bonds is 7. The number of benzene rings is 3. The predicted molar refractivity (Wildman–Crippen MR) is 167 cm³/mol. The summed E-state index contributed by atoms with van der Waals surface area (Å²) in [5.74, 6) is 1.42. The molecule has 3 aromatic carbocycles. The molecule has 9 nitrogen and oxygen atoms in total. The molecule has 1 aliphatic heterocycles. The number of amides is 1. The van der Waals surface area contributed by atoms with Crippen LogP contribution in [0.4, 0.5) is 11.4 Å². The molecule has 2 heterocycles. The quantitative estimate of drug-likeness (QED) is 0.266. The van der Waals surface area contributed by atoms with Gasteiger partial charge in [0.1, 0.15) is 5.75 Å². The van der Waals surface area contributed by atoms with E-state index in [2.05, 4.69) is 10.3 Å². The molecule has 1 aromatic heterocycles.